The zero-order valence-corrected chi connectivity index (χ0v) is 28.0. The lowest BCUT2D eigenvalue weighted by atomic mass is 9.93. The average molecular weight is 733 g/mol. The van der Waals surface area contributed by atoms with Gasteiger partial charge in [0.05, 0.1) is 16.2 Å². The summed E-state index contributed by atoms with van der Waals surface area (Å²) in [5, 5.41) is 19.4. The Morgan fingerprint density at radius 1 is 0.980 bits per heavy atom. The summed E-state index contributed by atoms with van der Waals surface area (Å²) >= 11 is 0. The molecule has 4 N–H and O–H groups in total. The van der Waals surface area contributed by atoms with Crippen LogP contribution in [0.25, 0.3) is 33.1 Å². The van der Waals surface area contributed by atoms with Gasteiger partial charge in [-0.15, -0.1) is 0 Å². The second kappa shape index (κ2) is 15.5. The van der Waals surface area contributed by atoms with Gasteiger partial charge in [-0.3, -0.25) is 4.79 Å². The van der Waals surface area contributed by atoms with Gasteiger partial charge in [-0.2, -0.15) is 26.3 Å². The fourth-order valence-electron chi connectivity index (χ4n) is 5.10. The lowest BCUT2D eigenvalue weighted by molar-refractivity contribution is -0.193. The van der Waals surface area contributed by atoms with E-state index >= 15 is 0 Å². The van der Waals surface area contributed by atoms with Crippen molar-refractivity contribution in [1.82, 2.24) is 20.2 Å². The number of alkyl halides is 6. The second-order valence-corrected chi connectivity index (χ2v) is 13.7. The molecule has 0 atom stereocenters. The van der Waals surface area contributed by atoms with Gasteiger partial charge in [0.25, 0.3) is 5.91 Å². The van der Waals surface area contributed by atoms with Crippen molar-refractivity contribution in [1.29, 1.82) is 0 Å². The molecule has 0 bridgehead atoms. The van der Waals surface area contributed by atoms with Crippen molar-refractivity contribution in [2.24, 2.45) is 0 Å². The van der Waals surface area contributed by atoms with E-state index in [1.807, 2.05) is 32.2 Å². The molecule has 2 aromatic carbocycles. The van der Waals surface area contributed by atoms with Crippen molar-refractivity contribution in [3.8, 4) is 11.1 Å². The monoisotopic (exact) mass is 732 g/mol. The topological polar surface area (TPSA) is 170 Å². The normalized spacial score (nSPS) is 14.4. The van der Waals surface area contributed by atoms with Crippen LogP contribution in [0.5, 0.6) is 0 Å². The standard InChI is InChI=1S/C28H32N4O3S.2C2HF3O2/c1-5-36(34,35)21-8-6-7-19(14-21)23-15-22(28(33)30-20-9-11-32(4)12-10-20)18(3)26-25(23)24-13-17(2)16-29-27(24)31-26;2*3-2(4,5)1(6)7/h6-8,13-16,20H,5,9-12H2,1-4H3,(H,29,31)(H,30,33);2*(H,6,7). The number of benzene rings is 2. The highest BCUT2D eigenvalue weighted by molar-refractivity contribution is 7.91. The first kappa shape index (κ1) is 39.7. The van der Waals surface area contributed by atoms with Crippen molar-refractivity contribution >= 4 is 49.6 Å². The molecule has 4 aromatic rings. The van der Waals surface area contributed by atoms with E-state index in [2.05, 4.69) is 33.3 Å². The highest BCUT2D eigenvalue weighted by atomic mass is 32.2. The summed E-state index contributed by atoms with van der Waals surface area (Å²) in [4.78, 5) is 41.9. The fraction of sp³-hybridized carbons (Fsp3) is 0.375. The number of carbonyl (C=O) groups excluding carboxylic acids is 1. The number of carboxylic acid groups (broad SMARTS) is 2. The van der Waals surface area contributed by atoms with Gasteiger partial charge in [0.2, 0.25) is 0 Å². The number of fused-ring (bicyclic) bond motifs is 3. The highest BCUT2D eigenvalue weighted by Crippen LogP contribution is 2.38. The predicted octanol–water partition coefficient (Wildman–Crippen LogP) is 5.88. The number of carbonyl (C=O) groups is 3. The first-order valence-corrected chi connectivity index (χ1v) is 16.6. The third-order valence-corrected chi connectivity index (χ3v) is 9.52. The molecule has 1 aliphatic heterocycles. The molecule has 11 nitrogen and oxygen atoms in total. The Morgan fingerprint density at radius 2 is 1.54 bits per heavy atom. The minimum atomic E-state index is -5.08. The van der Waals surface area contributed by atoms with Crippen molar-refractivity contribution in [3.63, 3.8) is 0 Å². The number of hydrogen-bond donors (Lipinski definition) is 4. The van der Waals surface area contributed by atoms with E-state index < -0.39 is 34.1 Å². The molecular formula is C32H34F6N4O7S. The molecule has 0 unspecified atom stereocenters. The summed E-state index contributed by atoms with van der Waals surface area (Å²) in [5.74, 6) is -5.59. The third kappa shape index (κ3) is 9.71. The van der Waals surface area contributed by atoms with E-state index in [0.29, 0.717) is 5.56 Å². The fourth-order valence-corrected chi connectivity index (χ4v) is 6.02. The number of hydrogen-bond acceptors (Lipinski definition) is 7. The summed E-state index contributed by atoms with van der Waals surface area (Å²) in [6.45, 7) is 7.51. The maximum absolute atomic E-state index is 13.5. The summed E-state index contributed by atoms with van der Waals surface area (Å²) in [5.41, 5.74) is 5.62. The molecule has 1 saturated heterocycles. The number of H-pyrrole nitrogens is 1. The Morgan fingerprint density at radius 3 is 2.06 bits per heavy atom. The van der Waals surface area contributed by atoms with Gasteiger partial charge >= 0.3 is 24.3 Å². The first-order valence-electron chi connectivity index (χ1n) is 14.9. The van der Waals surface area contributed by atoms with Crippen LogP contribution < -0.4 is 5.32 Å². The second-order valence-electron chi connectivity index (χ2n) is 11.5. The number of sulfone groups is 1. The highest BCUT2D eigenvalue weighted by Gasteiger charge is 2.39. The van der Waals surface area contributed by atoms with Crippen molar-refractivity contribution in [2.75, 3.05) is 25.9 Å². The van der Waals surface area contributed by atoms with Crippen molar-refractivity contribution in [2.45, 2.75) is 56.9 Å². The van der Waals surface area contributed by atoms with Gasteiger partial charge in [0, 0.05) is 28.6 Å². The lowest BCUT2D eigenvalue weighted by Crippen LogP contribution is -2.43. The van der Waals surface area contributed by atoms with E-state index in [1.165, 1.54) is 0 Å². The number of piperidine rings is 1. The minimum Gasteiger partial charge on any atom is -0.475 e. The molecular weight excluding hydrogens is 698 g/mol. The molecule has 2 aromatic heterocycles. The molecule has 272 valence electrons. The summed E-state index contributed by atoms with van der Waals surface area (Å²) in [6, 6.07) is 11.1. The van der Waals surface area contributed by atoms with Gasteiger partial charge in [0.15, 0.2) is 9.84 Å². The van der Waals surface area contributed by atoms with Crippen LogP contribution in [0.1, 0.15) is 41.3 Å². The molecule has 50 heavy (non-hydrogen) atoms. The summed E-state index contributed by atoms with van der Waals surface area (Å²) in [6.07, 6.45) is -6.51. The van der Waals surface area contributed by atoms with Crippen LogP contribution in [0.3, 0.4) is 0 Å². The lowest BCUT2D eigenvalue weighted by Gasteiger charge is -2.29. The third-order valence-electron chi connectivity index (χ3n) is 7.79. The molecule has 1 amide bonds. The maximum Gasteiger partial charge on any atom is 0.490 e. The number of aromatic amines is 1. The van der Waals surface area contributed by atoms with Gasteiger partial charge in [0.1, 0.15) is 5.65 Å². The van der Waals surface area contributed by atoms with E-state index in [0.717, 1.165) is 70.1 Å². The Bertz CT molecular complexity index is 1980. The number of likely N-dealkylation sites (tertiary alicyclic amines) is 1. The van der Waals surface area contributed by atoms with E-state index in [1.54, 1.807) is 25.1 Å². The number of rotatable bonds is 5. The quantitative estimate of drug-likeness (QED) is 0.183. The summed E-state index contributed by atoms with van der Waals surface area (Å²) < 4.78 is 88.8. The number of carboxylic acids is 2. The van der Waals surface area contributed by atoms with Crippen molar-refractivity contribution < 1.29 is 59.4 Å². The van der Waals surface area contributed by atoms with Gasteiger partial charge < -0.3 is 25.4 Å². The van der Waals surface area contributed by atoms with Gasteiger partial charge in [-0.25, -0.2) is 23.0 Å². The molecule has 1 fully saturated rings. The van der Waals surface area contributed by atoms with Gasteiger partial charge in [-0.05, 0) is 93.3 Å². The van der Waals surface area contributed by atoms with E-state index in [4.69, 9.17) is 19.8 Å². The molecule has 3 heterocycles. The molecule has 0 aliphatic carbocycles. The number of amides is 1. The number of pyridine rings is 1. The number of nitrogens with one attached hydrogen (secondary N) is 2. The Hall–Kier alpha value is -4.71. The molecule has 5 rings (SSSR count). The van der Waals surface area contributed by atoms with Crippen LogP contribution in [0.2, 0.25) is 0 Å². The van der Waals surface area contributed by atoms with Gasteiger partial charge in [-0.1, -0.05) is 19.1 Å². The Balaban J connectivity index is 0.000000408. The van der Waals surface area contributed by atoms with Crippen LogP contribution in [0, 0.1) is 13.8 Å². The molecule has 18 heteroatoms. The molecule has 1 aliphatic rings. The van der Waals surface area contributed by atoms with Crippen LogP contribution in [-0.4, -0.2) is 95.6 Å². The predicted molar refractivity (Wildman–Crippen MR) is 172 cm³/mol. The Labute approximate surface area is 282 Å². The van der Waals surface area contributed by atoms with E-state index in [-0.39, 0.29) is 22.6 Å². The zero-order chi connectivity index (χ0) is 37.8. The number of aryl methyl sites for hydroxylation is 2. The molecule has 0 spiro atoms. The number of aromatic nitrogens is 2. The molecule has 0 saturated carbocycles. The first-order chi connectivity index (χ1) is 23.1. The Kier molecular flexibility index (Phi) is 12.3. The van der Waals surface area contributed by atoms with Crippen molar-refractivity contribution in [3.05, 3.63) is 59.3 Å². The zero-order valence-electron chi connectivity index (χ0n) is 27.2. The minimum absolute atomic E-state index is 0.0280. The maximum atomic E-state index is 13.5. The smallest absolute Gasteiger partial charge is 0.475 e. The van der Waals surface area contributed by atoms with Crippen LogP contribution in [0.15, 0.2) is 47.5 Å². The molecule has 0 radical (unpaired) electrons. The SMILES string of the molecule is CCS(=O)(=O)c1cccc(-c2cc(C(=O)NC3CCN(C)CC3)c(C)c3[nH]c4ncc(C)cc4c23)c1.O=C(O)C(F)(F)F.O=C(O)C(F)(F)F. The summed E-state index contributed by atoms with van der Waals surface area (Å²) in [7, 11) is -1.28. The van der Waals surface area contributed by atoms with E-state index in [9.17, 15) is 39.6 Å². The largest absolute Gasteiger partial charge is 0.490 e. The number of aliphatic carboxylic acids is 2. The number of nitrogens with zero attached hydrogens (tertiary/aromatic N) is 2. The van der Waals surface area contributed by atoms with Crippen LogP contribution in [0.4, 0.5) is 26.3 Å². The average Bonchev–Trinajstić information content (AvgIpc) is 3.41. The van der Waals surface area contributed by atoms with Crippen LogP contribution in [-0.2, 0) is 19.4 Å². The number of halogens is 6. The van der Waals surface area contributed by atoms with Crippen LogP contribution >= 0.6 is 0 Å².